The fraction of sp³-hybridized carbons (Fsp3) is 0.308. The fourth-order valence-corrected chi connectivity index (χ4v) is 2.11. The molecule has 0 amide bonds. The van der Waals surface area contributed by atoms with Gasteiger partial charge in [0, 0.05) is 6.42 Å². The van der Waals surface area contributed by atoms with E-state index in [1.54, 1.807) is 0 Å². The number of aryl methyl sites for hydroxylation is 2. The number of hydrogen-bond acceptors (Lipinski definition) is 5. The van der Waals surface area contributed by atoms with Crippen molar-refractivity contribution in [3.63, 3.8) is 0 Å². The molecule has 19 heavy (non-hydrogen) atoms. The molecule has 0 atom stereocenters. The van der Waals surface area contributed by atoms with Crippen LogP contribution in [-0.2, 0) is 17.6 Å². The van der Waals surface area contributed by atoms with Crippen LogP contribution in [0.25, 0.3) is 0 Å². The van der Waals surface area contributed by atoms with Crippen LogP contribution < -0.4 is 0 Å². The van der Waals surface area contributed by atoms with Gasteiger partial charge in [0.2, 0.25) is 5.89 Å². The lowest BCUT2D eigenvalue weighted by Crippen LogP contribution is -1.97. The number of carboxylic acid groups (broad SMARTS) is 1. The van der Waals surface area contributed by atoms with Crippen molar-refractivity contribution in [1.29, 1.82) is 0 Å². The maximum absolute atomic E-state index is 10.4. The molecule has 0 unspecified atom stereocenters. The highest BCUT2D eigenvalue weighted by atomic mass is 32.2. The predicted octanol–water partition coefficient (Wildman–Crippen LogP) is 2.42. The molecule has 1 N–H and O–H groups in total. The van der Waals surface area contributed by atoms with Crippen LogP contribution in [0.4, 0.5) is 0 Å². The first-order valence-corrected chi connectivity index (χ1v) is 6.93. The Balaban J connectivity index is 1.76. The number of aliphatic carboxylic acids is 1. The average molecular weight is 278 g/mol. The number of nitrogens with zero attached hydrogens (tertiary/aromatic N) is 2. The number of thioether (sulfide) groups is 1. The van der Waals surface area contributed by atoms with E-state index in [2.05, 4.69) is 22.3 Å². The second kappa shape index (κ2) is 6.94. The highest BCUT2D eigenvalue weighted by Gasteiger charge is 2.08. The van der Waals surface area contributed by atoms with Crippen molar-refractivity contribution in [2.45, 2.75) is 24.5 Å². The lowest BCUT2D eigenvalue weighted by Gasteiger charge is -1.98. The second-order valence-corrected chi connectivity index (χ2v) is 4.91. The van der Waals surface area contributed by atoms with E-state index in [-0.39, 0.29) is 5.75 Å². The fourth-order valence-electron chi connectivity index (χ4n) is 1.61. The molecule has 0 spiro atoms. The Morgan fingerprint density at radius 2 is 2.00 bits per heavy atom. The average Bonchev–Trinajstić information content (AvgIpc) is 2.86. The van der Waals surface area contributed by atoms with Crippen LogP contribution in [0.2, 0.25) is 0 Å². The van der Waals surface area contributed by atoms with E-state index in [0.29, 0.717) is 17.5 Å². The zero-order chi connectivity index (χ0) is 13.5. The van der Waals surface area contributed by atoms with Gasteiger partial charge in [-0.25, -0.2) is 0 Å². The molecule has 0 aliphatic carbocycles. The van der Waals surface area contributed by atoms with Gasteiger partial charge in [-0.2, -0.15) is 0 Å². The van der Waals surface area contributed by atoms with E-state index in [0.717, 1.165) is 24.6 Å². The molecule has 2 aromatic rings. The molecular weight excluding hydrogens is 264 g/mol. The summed E-state index contributed by atoms with van der Waals surface area (Å²) in [6.45, 7) is 0. The summed E-state index contributed by atoms with van der Waals surface area (Å²) in [6, 6.07) is 10.2. The monoisotopic (exact) mass is 278 g/mol. The highest BCUT2D eigenvalue weighted by molar-refractivity contribution is 7.99. The number of rotatable bonds is 7. The Morgan fingerprint density at radius 1 is 1.21 bits per heavy atom. The Labute approximate surface area is 115 Å². The maximum Gasteiger partial charge on any atom is 0.314 e. The highest BCUT2D eigenvalue weighted by Crippen LogP contribution is 2.16. The van der Waals surface area contributed by atoms with Crippen LogP contribution in [0.5, 0.6) is 0 Å². The lowest BCUT2D eigenvalue weighted by molar-refractivity contribution is -0.133. The van der Waals surface area contributed by atoms with Crippen LogP contribution in [0.3, 0.4) is 0 Å². The molecule has 0 bridgehead atoms. The summed E-state index contributed by atoms with van der Waals surface area (Å²) in [7, 11) is 0. The first-order chi connectivity index (χ1) is 9.24. The molecule has 0 radical (unpaired) electrons. The summed E-state index contributed by atoms with van der Waals surface area (Å²) >= 11 is 1.04. The number of carboxylic acids is 1. The molecule has 0 aliphatic heterocycles. The minimum absolute atomic E-state index is 0.0638. The third-order valence-corrected chi connectivity index (χ3v) is 3.27. The van der Waals surface area contributed by atoms with Gasteiger partial charge in [-0.05, 0) is 18.4 Å². The number of aromatic nitrogens is 2. The lowest BCUT2D eigenvalue weighted by atomic mass is 10.1. The number of carbonyl (C=O) groups is 1. The largest absolute Gasteiger partial charge is 0.481 e. The summed E-state index contributed by atoms with van der Waals surface area (Å²) in [5, 5.41) is 16.5. The maximum atomic E-state index is 10.4. The van der Waals surface area contributed by atoms with E-state index in [9.17, 15) is 4.79 Å². The van der Waals surface area contributed by atoms with Gasteiger partial charge in [0.25, 0.3) is 5.22 Å². The van der Waals surface area contributed by atoms with Gasteiger partial charge < -0.3 is 9.52 Å². The van der Waals surface area contributed by atoms with E-state index in [1.807, 2.05) is 18.2 Å². The van der Waals surface area contributed by atoms with Gasteiger partial charge >= 0.3 is 5.97 Å². The van der Waals surface area contributed by atoms with Crippen LogP contribution in [0.15, 0.2) is 40.0 Å². The first-order valence-electron chi connectivity index (χ1n) is 5.95. The van der Waals surface area contributed by atoms with Gasteiger partial charge in [-0.15, -0.1) is 10.2 Å². The van der Waals surface area contributed by atoms with Crippen molar-refractivity contribution in [2.24, 2.45) is 0 Å². The molecule has 1 aromatic carbocycles. The van der Waals surface area contributed by atoms with Gasteiger partial charge in [-0.1, -0.05) is 42.1 Å². The Bertz CT molecular complexity index is 528. The summed E-state index contributed by atoms with van der Waals surface area (Å²) in [6.07, 6.45) is 2.59. The summed E-state index contributed by atoms with van der Waals surface area (Å²) in [5.74, 6) is -0.399. The number of hydrogen-bond donors (Lipinski definition) is 1. The topological polar surface area (TPSA) is 76.2 Å². The summed E-state index contributed by atoms with van der Waals surface area (Å²) in [5.41, 5.74) is 1.28. The quantitative estimate of drug-likeness (QED) is 0.784. The van der Waals surface area contributed by atoms with Crippen molar-refractivity contribution in [2.75, 3.05) is 5.75 Å². The van der Waals surface area contributed by atoms with Crippen LogP contribution >= 0.6 is 11.8 Å². The zero-order valence-corrected chi connectivity index (χ0v) is 11.1. The second-order valence-electron chi connectivity index (χ2n) is 3.98. The Morgan fingerprint density at radius 3 is 2.74 bits per heavy atom. The van der Waals surface area contributed by atoms with Gasteiger partial charge in [0.05, 0.1) is 0 Å². The molecule has 0 saturated carbocycles. The van der Waals surface area contributed by atoms with Crippen LogP contribution in [-0.4, -0.2) is 27.0 Å². The summed E-state index contributed by atoms with van der Waals surface area (Å²) in [4.78, 5) is 10.4. The molecule has 5 nitrogen and oxygen atoms in total. The third kappa shape index (κ3) is 4.75. The van der Waals surface area contributed by atoms with Crippen molar-refractivity contribution in [3.8, 4) is 0 Å². The molecule has 0 saturated heterocycles. The minimum atomic E-state index is -0.895. The molecule has 1 heterocycles. The van der Waals surface area contributed by atoms with E-state index in [1.165, 1.54) is 5.56 Å². The molecule has 6 heteroatoms. The standard InChI is InChI=1S/C13H14N2O3S/c16-12(17)9-19-13-15-14-11(18-13)8-4-7-10-5-2-1-3-6-10/h1-3,5-6H,4,7-9H2,(H,16,17). The smallest absolute Gasteiger partial charge is 0.314 e. The van der Waals surface area contributed by atoms with Crippen molar-refractivity contribution in [3.05, 3.63) is 41.8 Å². The molecule has 1 aromatic heterocycles. The minimum Gasteiger partial charge on any atom is -0.481 e. The van der Waals surface area contributed by atoms with Gasteiger partial charge in [-0.3, -0.25) is 4.79 Å². The number of benzene rings is 1. The molecule has 0 fully saturated rings. The SMILES string of the molecule is O=C(O)CSc1nnc(CCCc2ccccc2)o1. The van der Waals surface area contributed by atoms with E-state index in [4.69, 9.17) is 9.52 Å². The first kappa shape index (κ1) is 13.6. The van der Waals surface area contributed by atoms with Crippen molar-refractivity contribution in [1.82, 2.24) is 10.2 Å². The van der Waals surface area contributed by atoms with Crippen LogP contribution in [0, 0.1) is 0 Å². The Hall–Kier alpha value is -1.82. The van der Waals surface area contributed by atoms with Gasteiger partial charge in [0.15, 0.2) is 0 Å². The molecule has 100 valence electrons. The Kier molecular flexibility index (Phi) is 4.97. The van der Waals surface area contributed by atoms with Crippen LogP contribution in [0.1, 0.15) is 17.9 Å². The molecular formula is C13H14N2O3S. The summed E-state index contributed by atoms with van der Waals surface area (Å²) < 4.78 is 5.35. The van der Waals surface area contributed by atoms with Crippen molar-refractivity contribution >= 4 is 17.7 Å². The van der Waals surface area contributed by atoms with Crippen molar-refractivity contribution < 1.29 is 14.3 Å². The van der Waals surface area contributed by atoms with E-state index < -0.39 is 5.97 Å². The van der Waals surface area contributed by atoms with Gasteiger partial charge in [0.1, 0.15) is 5.75 Å². The zero-order valence-electron chi connectivity index (χ0n) is 10.3. The molecule has 0 aliphatic rings. The van der Waals surface area contributed by atoms with E-state index >= 15 is 0 Å². The predicted molar refractivity (Wildman–Crippen MR) is 71.1 cm³/mol. The molecule has 2 rings (SSSR count). The third-order valence-electron chi connectivity index (χ3n) is 2.47. The normalized spacial score (nSPS) is 10.5.